The van der Waals surface area contributed by atoms with E-state index in [4.69, 9.17) is 21.1 Å². The van der Waals surface area contributed by atoms with E-state index in [1.807, 2.05) is 18.2 Å². The van der Waals surface area contributed by atoms with Crippen molar-refractivity contribution in [3.8, 4) is 11.5 Å². The van der Waals surface area contributed by atoms with E-state index in [0.29, 0.717) is 34.3 Å². The fourth-order valence-corrected chi connectivity index (χ4v) is 2.57. The molecular weight excluding hydrogens is 360 g/mol. The van der Waals surface area contributed by atoms with Crippen LogP contribution in [0.1, 0.15) is 16.8 Å². The third-order valence-corrected chi connectivity index (χ3v) is 4.04. The van der Waals surface area contributed by atoms with Gasteiger partial charge >= 0.3 is 5.97 Å². The number of halogens is 1. The molecule has 0 bridgehead atoms. The summed E-state index contributed by atoms with van der Waals surface area (Å²) in [4.78, 5) is 23.7. The Morgan fingerprint density at radius 3 is 2.77 bits per heavy atom. The van der Waals surface area contributed by atoms with Gasteiger partial charge in [-0.15, -0.1) is 0 Å². The number of amides is 1. The molecule has 26 heavy (non-hydrogen) atoms. The number of hydrogen-bond donors (Lipinski definition) is 2. The van der Waals surface area contributed by atoms with E-state index in [1.165, 1.54) is 25.3 Å². The van der Waals surface area contributed by atoms with Crippen molar-refractivity contribution in [2.45, 2.75) is 6.42 Å². The van der Waals surface area contributed by atoms with Crippen LogP contribution in [0.15, 0.2) is 36.4 Å². The van der Waals surface area contributed by atoms with Crippen molar-refractivity contribution >= 4 is 34.9 Å². The molecular formula is C18H17ClN2O5. The molecule has 2 aromatic rings. The van der Waals surface area contributed by atoms with E-state index in [9.17, 15) is 9.59 Å². The lowest BCUT2D eigenvalue weighted by atomic mass is 10.2. The summed E-state index contributed by atoms with van der Waals surface area (Å²) in [5.41, 5.74) is 1.50. The lowest BCUT2D eigenvalue weighted by Gasteiger charge is -2.10. The predicted octanol–water partition coefficient (Wildman–Crippen LogP) is 3.30. The summed E-state index contributed by atoms with van der Waals surface area (Å²) in [5, 5.41) is 6.18. The fourth-order valence-electron chi connectivity index (χ4n) is 2.41. The SMILES string of the molecule is COC(=O)c1ccc(Cl)c(NC(=O)CCNc2ccc3c(c2)OCO3)c1. The van der Waals surface area contributed by atoms with Crippen molar-refractivity contribution in [2.75, 3.05) is 31.1 Å². The smallest absolute Gasteiger partial charge is 0.337 e. The molecule has 0 saturated carbocycles. The summed E-state index contributed by atoms with van der Waals surface area (Å²) in [6.45, 7) is 0.631. The minimum atomic E-state index is -0.498. The Labute approximate surface area is 155 Å². The summed E-state index contributed by atoms with van der Waals surface area (Å²) in [7, 11) is 1.29. The van der Waals surface area contributed by atoms with Gasteiger partial charge in [-0.3, -0.25) is 4.79 Å². The lowest BCUT2D eigenvalue weighted by Crippen LogP contribution is -2.17. The average Bonchev–Trinajstić information content (AvgIpc) is 3.10. The number of anilines is 2. The van der Waals surface area contributed by atoms with Gasteiger partial charge in [-0.25, -0.2) is 4.79 Å². The molecule has 1 aliphatic rings. The fraction of sp³-hybridized carbons (Fsp3) is 0.222. The van der Waals surface area contributed by atoms with Crippen LogP contribution in [0.4, 0.5) is 11.4 Å². The van der Waals surface area contributed by atoms with Gasteiger partial charge < -0.3 is 24.8 Å². The Morgan fingerprint density at radius 2 is 1.96 bits per heavy atom. The average molecular weight is 377 g/mol. The van der Waals surface area contributed by atoms with E-state index in [-0.39, 0.29) is 19.1 Å². The lowest BCUT2D eigenvalue weighted by molar-refractivity contribution is -0.115. The minimum absolute atomic E-state index is 0.215. The van der Waals surface area contributed by atoms with Gasteiger partial charge in [0.05, 0.1) is 23.4 Å². The number of esters is 1. The molecule has 1 amide bonds. The first kappa shape index (κ1) is 17.9. The molecule has 0 atom stereocenters. The quantitative estimate of drug-likeness (QED) is 0.752. The molecule has 1 heterocycles. The first-order valence-electron chi connectivity index (χ1n) is 7.88. The predicted molar refractivity (Wildman–Crippen MR) is 97.1 cm³/mol. The van der Waals surface area contributed by atoms with Crippen LogP contribution in [-0.4, -0.2) is 32.3 Å². The third kappa shape index (κ3) is 4.18. The van der Waals surface area contributed by atoms with Gasteiger partial charge in [0.15, 0.2) is 11.5 Å². The van der Waals surface area contributed by atoms with Gasteiger partial charge in [0.1, 0.15) is 0 Å². The van der Waals surface area contributed by atoms with Crippen LogP contribution in [0.2, 0.25) is 5.02 Å². The van der Waals surface area contributed by atoms with Crippen molar-refractivity contribution in [3.63, 3.8) is 0 Å². The maximum Gasteiger partial charge on any atom is 0.337 e. The summed E-state index contributed by atoms with van der Waals surface area (Å²) in [6.07, 6.45) is 0.215. The van der Waals surface area contributed by atoms with Crippen LogP contribution < -0.4 is 20.1 Å². The molecule has 0 radical (unpaired) electrons. The van der Waals surface area contributed by atoms with E-state index in [2.05, 4.69) is 15.4 Å². The number of carbonyl (C=O) groups excluding carboxylic acids is 2. The van der Waals surface area contributed by atoms with Gasteiger partial charge in [0, 0.05) is 24.7 Å². The van der Waals surface area contributed by atoms with Crippen LogP contribution in [0, 0.1) is 0 Å². The highest BCUT2D eigenvalue weighted by Crippen LogP contribution is 2.34. The molecule has 0 saturated heterocycles. The molecule has 2 aromatic carbocycles. The molecule has 0 fully saturated rings. The van der Waals surface area contributed by atoms with Crippen LogP contribution >= 0.6 is 11.6 Å². The van der Waals surface area contributed by atoms with Gasteiger partial charge in [0.2, 0.25) is 12.7 Å². The van der Waals surface area contributed by atoms with Crippen molar-refractivity contribution in [1.82, 2.24) is 0 Å². The Morgan fingerprint density at radius 1 is 1.15 bits per heavy atom. The number of ether oxygens (including phenoxy) is 3. The highest BCUT2D eigenvalue weighted by Gasteiger charge is 2.14. The topological polar surface area (TPSA) is 85.9 Å². The van der Waals surface area contributed by atoms with Crippen molar-refractivity contribution in [1.29, 1.82) is 0 Å². The number of nitrogens with one attached hydrogen (secondary N) is 2. The first-order chi connectivity index (χ1) is 12.6. The van der Waals surface area contributed by atoms with Gasteiger partial charge in [-0.2, -0.15) is 0 Å². The van der Waals surface area contributed by atoms with Gasteiger partial charge in [-0.05, 0) is 30.3 Å². The second-order valence-corrected chi connectivity index (χ2v) is 5.89. The molecule has 1 aliphatic heterocycles. The number of fused-ring (bicyclic) bond motifs is 1. The van der Waals surface area contributed by atoms with Crippen LogP contribution in [0.3, 0.4) is 0 Å². The summed E-state index contributed by atoms with van der Waals surface area (Å²) < 4.78 is 15.2. The van der Waals surface area contributed by atoms with Crippen LogP contribution in [0.25, 0.3) is 0 Å². The zero-order valence-electron chi connectivity index (χ0n) is 14.0. The standard InChI is InChI=1S/C18H17ClN2O5/c1-24-18(23)11-2-4-13(19)14(8-11)21-17(22)6-7-20-12-3-5-15-16(9-12)26-10-25-15/h2-5,8-9,20H,6-7,10H2,1H3,(H,21,22). The number of rotatable bonds is 6. The molecule has 0 spiro atoms. The van der Waals surface area contributed by atoms with E-state index < -0.39 is 5.97 Å². The third-order valence-electron chi connectivity index (χ3n) is 3.72. The van der Waals surface area contributed by atoms with Crippen molar-refractivity contribution < 1.29 is 23.8 Å². The van der Waals surface area contributed by atoms with E-state index in [1.54, 1.807) is 0 Å². The molecule has 0 unspecified atom stereocenters. The Bertz CT molecular complexity index is 840. The number of benzene rings is 2. The second-order valence-electron chi connectivity index (χ2n) is 5.48. The molecule has 0 aliphatic carbocycles. The monoisotopic (exact) mass is 376 g/mol. The number of methoxy groups -OCH3 is 1. The highest BCUT2D eigenvalue weighted by atomic mass is 35.5. The highest BCUT2D eigenvalue weighted by molar-refractivity contribution is 6.33. The molecule has 7 nitrogen and oxygen atoms in total. The molecule has 0 aromatic heterocycles. The second kappa shape index (κ2) is 7.97. The minimum Gasteiger partial charge on any atom is -0.465 e. The first-order valence-corrected chi connectivity index (χ1v) is 8.26. The normalized spacial score (nSPS) is 11.8. The zero-order valence-corrected chi connectivity index (χ0v) is 14.8. The van der Waals surface area contributed by atoms with Gasteiger partial charge in [-0.1, -0.05) is 11.6 Å². The van der Waals surface area contributed by atoms with Crippen molar-refractivity contribution in [2.24, 2.45) is 0 Å². The molecule has 136 valence electrons. The summed E-state index contributed by atoms with van der Waals surface area (Å²) >= 11 is 6.06. The summed E-state index contributed by atoms with van der Waals surface area (Å²) in [5.74, 6) is 0.642. The Balaban J connectivity index is 1.53. The van der Waals surface area contributed by atoms with Crippen LogP contribution in [0.5, 0.6) is 11.5 Å². The zero-order chi connectivity index (χ0) is 18.5. The van der Waals surface area contributed by atoms with E-state index >= 15 is 0 Å². The molecule has 3 rings (SSSR count). The van der Waals surface area contributed by atoms with Gasteiger partial charge in [0.25, 0.3) is 0 Å². The molecule has 8 heteroatoms. The Hall–Kier alpha value is -2.93. The van der Waals surface area contributed by atoms with Crippen molar-refractivity contribution in [3.05, 3.63) is 47.0 Å². The molecule has 2 N–H and O–H groups in total. The van der Waals surface area contributed by atoms with Crippen LogP contribution in [-0.2, 0) is 9.53 Å². The maximum atomic E-state index is 12.1. The maximum absolute atomic E-state index is 12.1. The van der Waals surface area contributed by atoms with E-state index in [0.717, 1.165) is 5.69 Å². The Kier molecular flexibility index (Phi) is 5.48. The largest absolute Gasteiger partial charge is 0.465 e. The summed E-state index contributed by atoms with van der Waals surface area (Å²) in [6, 6.07) is 10.0. The number of hydrogen-bond acceptors (Lipinski definition) is 6. The number of carbonyl (C=O) groups is 2.